The van der Waals surface area contributed by atoms with Gasteiger partial charge in [0.25, 0.3) is 5.88 Å². The highest BCUT2D eigenvalue weighted by molar-refractivity contribution is 5.90. The fraction of sp³-hybridized carbons (Fsp3) is 0.474. The van der Waals surface area contributed by atoms with E-state index in [1.54, 1.807) is 0 Å². The number of cyclic esters (lactones) is 1. The molecule has 1 N–H and O–H groups in total. The van der Waals surface area contributed by atoms with Gasteiger partial charge in [0.15, 0.2) is 17.7 Å². The maximum absolute atomic E-state index is 14.7. The van der Waals surface area contributed by atoms with Crippen molar-refractivity contribution in [2.45, 2.75) is 43.6 Å². The Balaban J connectivity index is 1.52. The highest BCUT2D eigenvalue weighted by atomic mass is 19.2. The molecular formula is C19H18F4N2O5. The molecule has 0 bridgehead atoms. The molecule has 1 aliphatic heterocycles. The monoisotopic (exact) mass is 430 g/mol. The summed E-state index contributed by atoms with van der Waals surface area (Å²) in [5.41, 5.74) is -1.19. The Bertz CT molecular complexity index is 926. The van der Waals surface area contributed by atoms with E-state index < -0.39 is 59.1 Å². The number of aliphatic hydroxyl groups is 1. The van der Waals surface area contributed by atoms with Crippen molar-refractivity contribution in [3.63, 3.8) is 0 Å². The van der Waals surface area contributed by atoms with Crippen LogP contribution in [0.1, 0.15) is 30.7 Å². The van der Waals surface area contributed by atoms with E-state index in [1.165, 1.54) is 12.3 Å². The summed E-state index contributed by atoms with van der Waals surface area (Å²) in [6, 6.07) is 2.14. The molecule has 0 radical (unpaired) electrons. The number of aliphatic hydroxyl groups excluding tert-OH is 1. The molecule has 1 saturated carbocycles. The molecule has 2 aromatic rings. The molecule has 1 unspecified atom stereocenters. The zero-order valence-electron chi connectivity index (χ0n) is 15.6. The Kier molecular flexibility index (Phi) is 5.54. The first-order valence-corrected chi connectivity index (χ1v) is 9.36. The summed E-state index contributed by atoms with van der Waals surface area (Å²) in [4.78, 5) is 12.9. The van der Waals surface area contributed by atoms with E-state index in [-0.39, 0.29) is 38.3 Å². The Morgan fingerprint density at radius 1 is 1.27 bits per heavy atom. The Hall–Kier alpha value is -2.82. The minimum atomic E-state index is -1.65. The Morgan fingerprint density at radius 2 is 2.07 bits per heavy atom. The second-order valence-electron chi connectivity index (χ2n) is 7.28. The van der Waals surface area contributed by atoms with Gasteiger partial charge in [-0.25, -0.2) is 22.4 Å². The number of carbonyl (C=O) groups is 1. The van der Waals surface area contributed by atoms with Gasteiger partial charge in [-0.15, -0.1) is 0 Å². The lowest BCUT2D eigenvalue weighted by Crippen LogP contribution is -2.31. The van der Waals surface area contributed by atoms with Gasteiger partial charge in [0.1, 0.15) is 24.9 Å². The number of rotatable bonds is 5. The highest BCUT2D eigenvalue weighted by Gasteiger charge is 2.38. The van der Waals surface area contributed by atoms with Gasteiger partial charge in [0.2, 0.25) is 0 Å². The number of hydrogen-bond acceptors (Lipinski definition) is 6. The van der Waals surface area contributed by atoms with Gasteiger partial charge in [-0.2, -0.15) is 0 Å². The van der Waals surface area contributed by atoms with Crippen molar-refractivity contribution in [1.82, 2.24) is 5.16 Å². The average molecular weight is 430 g/mol. The van der Waals surface area contributed by atoms with Crippen molar-refractivity contribution in [3.05, 3.63) is 41.4 Å². The first-order chi connectivity index (χ1) is 14.3. The zero-order chi connectivity index (χ0) is 21.4. The van der Waals surface area contributed by atoms with Gasteiger partial charge in [-0.05, 0) is 30.3 Å². The molecule has 1 amide bonds. The predicted molar refractivity (Wildman–Crippen MR) is 93.4 cm³/mol. The molecule has 0 spiro atoms. The lowest BCUT2D eigenvalue weighted by atomic mass is 9.81. The average Bonchev–Trinajstić information content (AvgIpc) is 3.35. The smallest absolute Gasteiger partial charge is 0.414 e. The normalized spacial score (nSPS) is 26.7. The molecule has 1 saturated heterocycles. The van der Waals surface area contributed by atoms with Gasteiger partial charge in [-0.1, -0.05) is 0 Å². The molecule has 1 aromatic carbocycles. The summed E-state index contributed by atoms with van der Waals surface area (Å²) < 4.78 is 72.8. The molecule has 30 heavy (non-hydrogen) atoms. The van der Waals surface area contributed by atoms with Gasteiger partial charge < -0.3 is 19.1 Å². The van der Waals surface area contributed by atoms with E-state index in [9.17, 15) is 27.5 Å². The van der Waals surface area contributed by atoms with E-state index in [0.29, 0.717) is 6.07 Å². The topological polar surface area (TPSA) is 85.0 Å². The van der Waals surface area contributed by atoms with Crippen molar-refractivity contribution in [2.75, 3.05) is 18.1 Å². The molecule has 7 nitrogen and oxygen atoms in total. The SMILES string of the molecule is O=C1O[C@@H](COc2ccon2)CN1c1cc(F)c([C@H]2CC[C@@H](O)C(F)C2)c(F)c1F. The third-order valence-corrected chi connectivity index (χ3v) is 5.32. The number of halogens is 4. The van der Waals surface area contributed by atoms with Crippen LogP contribution in [0.15, 0.2) is 22.9 Å². The van der Waals surface area contributed by atoms with Gasteiger partial charge in [0.05, 0.1) is 18.3 Å². The maximum atomic E-state index is 14.7. The number of hydrogen-bond donors (Lipinski definition) is 1. The standard InChI is InChI=1S/C19H18F4N2O5/c20-11-5-9(1-2-14(11)26)16-12(21)6-13(17(22)18(16)23)25-7-10(30-19(25)27)8-28-15-3-4-29-24-15/h3-4,6,9-11,14,26H,1-2,5,7-8H2/t9-,10+,11?,14+/m0/s1. The number of carbonyl (C=O) groups excluding carboxylic acids is 1. The van der Waals surface area contributed by atoms with Crippen LogP contribution in [-0.4, -0.2) is 47.9 Å². The Labute approximate surface area is 168 Å². The lowest BCUT2D eigenvalue weighted by molar-refractivity contribution is 0.0359. The number of alkyl halides is 1. The maximum Gasteiger partial charge on any atom is 0.414 e. The number of anilines is 1. The molecule has 1 aromatic heterocycles. The fourth-order valence-electron chi connectivity index (χ4n) is 3.79. The summed E-state index contributed by atoms with van der Waals surface area (Å²) in [5.74, 6) is -4.76. The fourth-order valence-corrected chi connectivity index (χ4v) is 3.79. The van der Waals surface area contributed by atoms with E-state index in [1.807, 2.05) is 0 Å². The van der Waals surface area contributed by atoms with Gasteiger partial charge in [0, 0.05) is 17.7 Å². The van der Waals surface area contributed by atoms with Crippen molar-refractivity contribution in [1.29, 1.82) is 0 Å². The van der Waals surface area contributed by atoms with Gasteiger partial charge in [-0.3, -0.25) is 4.90 Å². The van der Waals surface area contributed by atoms with Crippen molar-refractivity contribution in [2.24, 2.45) is 0 Å². The van der Waals surface area contributed by atoms with Crippen LogP contribution in [0, 0.1) is 17.5 Å². The first kappa shape index (κ1) is 20.5. The number of ether oxygens (including phenoxy) is 2. The lowest BCUT2D eigenvalue weighted by Gasteiger charge is -2.29. The molecule has 2 heterocycles. The molecule has 4 rings (SSSR count). The molecule has 11 heteroatoms. The molecule has 162 valence electrons. The molecule has 1 aliphatic carbocycles. The molecule has 2 aliphatic rings. The predicted octanol–water partition coefficient (Wildman–Crippen LogP) is 3.46. The van der Waals surface area contributed by atoms with Crippen LogP contribution in [0.2, 0.25) is 0 Å². The third kappa shape index (κ3) is 3.81. The zero-order valence-corrected chi connectivity index (χ0v) is 15.6. The first-order valence-electron chi connectivity index (χ1n) is 9.36. The number of aromatic nitrogens is 1. The van der Waals surface area contributed by atoms with Crippen molar-refractivity contribution >= 4 is 11.8 Å². The van der Waals surface area contributed by atoms with Crippen molar-refractivity contribution in [3.8, 4) is 5.88 Å². The summed E-state index contributed by atoms with van der Waals surface area (Å²) in [7, 11) is 0. The van der Waals surface area contributed by atoms with E-state index in [0.717, 1.165) is 4.90 Å². The van der Waals surface area contributed by atoms with Crippen molar-refractivity contribution < 1.29 is 41.5 Å². The van der Waals surface area contributed by atoms with Crippen LogP contribution in [0.4, 0.5) is 28.0 Å². The minimum Gasteiger partial charge on any atom is -0.471 e. The largest absolute Gasteiger partial charge is 0.471 e. The third-order valence-electron chi connectivity index (χ3n) is 5.32. The van der Waals surface area contributed by atoms with Crippen LogP contribution in [0.5, 0.6) is 5.88 Å². The summed E-state index contributed by atoms with van der Waals surface area (Å²) >= 11 is 0. The van der Waals surface area contributed by atoms with E-state index in [4.69, 9.17) is 9.47 Å². The van der Waals surface area contributed by atoms with E-state index in [2.05, 4.69) is 9.68 Å². The highest BCUT2D eigenvalue weighted by Crippen LogP contribution is 2.40. The molecule has 4 atom stereocenters. The van der Waals surface area contributed by atoms with Crippen LogP contribution >= 0.6 is 0 Å². The van der Waals surface area contributed by atoms with Gasteiger partial charge >= 0.3 is 6.09 Å². The second-order valence-corrected chi connectivity index (χ2v) is 7.28. The summed E-state index contributed by atoms with van der Waals surface area (Å²) in [5, 5.41) is 13.0. The number of nitrogens with zero attached hydrogens (tertiary/aromatic N) is 2. The Morgan fingerprint density at radius 3 is 2.77 bits per heavy atom. The van der Waals surface area contributed by atoms with E-state index >= 15 is 0 Å². The summed E-state index contributed by atoms with van der Waals surface area (Å²) in [6.45, 7) is -0.324. The second kappa shape index (κ2) is 8.13. The molecule has 2 fully saturated rings. The quantitative estimate of drug-likeness (QED) is 0.578. The number of benzene rings is 1. The van der Waals surface area contributed by atoms with Crippen LogP contribution in [0.25, 0.3) is 0 Å². The number of amides is 1. The van der Waals surface area contributed by atoms with Crippen LogP contribution in [0.3, 0.4) is 0 Å². The van der Waals surface area contributed by atoms with Crippen LogP contribution < -0.4 is 9.64 Å². The molecular weight excluding hydrogens is 412 g/mol. The van der Waals surface area contributed by atoms with Crippen LogP contribution in [-0.2, 0) is 4.74 Å². The minimum absolute atomic E-state index is 0.0136. The summed E-state index contributed by atoms with van der Waals surface area (Å²) in [6.07, 6.45) is -3.58.